The molecule has 3 aromatic heterocycles. The number of fused-ring (bicyclic) bond motifs is 1. The summed E-state index contributed by atoms with van der Waals surface area (Å²) in [5.41, 5.74) is 1.87. The van der Waals surface area contributed by atoms with Crippen LogP contribution in [-0.4, -0.2) is 43.6 Å². The molecule has 0 aromatic carbocycles. The molecule has 1 atom stereocenters. The first kappa shape index (κ1) is 20.2. The molecule has 0 spiro atoms. The summed E-state index contributed by atoms with van der Waals surface area (Å²) in [6.07, 6.45) is 5.34. The van der Waals surface area contributed by atoms with Gasteiger partial charge in [-0.2, -0.15) is 14.5 Å². The average molecular weight is 436 g/mol. The van der Waals surface area contributed by atoms with Crippen LogP contribution in [0.4, 0.5) is 27.7 Å². The maximum atomic E-state index is 13.5. The molecule has 3 aromatic rings. The molecule has 0 unspecified atom stereocenters. The van der Waals surface area contributed by atoms with Gasteiger partial charge in [0.2, 0.25) is 11.9 Å². The van der Waals surface area contributed by atoms with E-state index in [1.807, 2.05) is 0 Å². The van der Waals surface area contributed by atoms with Gasteiger partial charge in [-0.25, -0.2) is 20.0 Å². The summed E-state index contributed by atoms with van der Waals surface area (Å²) in [6.45, 7) is 0.752. The number of aryl methyl sites for hydroxylation is 1. The molecule has 1 aliphatic carbocycles. The first-order valence-electron chi connectivity index (χ1n) is 10.5. The lowest BCUT2D eigenvalue weighted by atomic mass is 10.2. The first-order chi connectivity index (χ1) is 15.6. The summed E-state index contributed by atoms with van der Waals surface area (Å²) in [4.78, 5) is 39.2. The van der Waals surface area contributed by atoms with Crippen molar-refractivity contribution in [2.45, 2.75) is 38.1 Å². The molecular weight excluding hydrogens is 415 g/mol. The third-order valence-electron chi connectivity index (χ3n) is 5.60. The number of carbonyl (C=O) groups excluding carboxylic acids is 1. The van der Waals surface area contributed by atoms with Crippen molar-refractivity contribution in [3.63, 3.8) is 0 Å². The molecule has 2 aliphatic rings. The highest BCUT2D eigenvalue weighted by atomic mass is 19.1. The lowest BCUT2D eigenvalue weighted by Gasteiger charge is -2.25. The van der Waals surface area contributed by atoms with Gasteiger partial charge in [-0.05, 0) is 56.8 Å². The van der Waals surface area contributed by atoms with E-state index in [9.17, 15) is 14.0 Å². The van der Waals surface area contributed by atoms with E-state index in [0.29, 0.717) is 23.7 Å². The lowest BCUT2D eigenvalue weighted by molar-refractivity contribution is -0.119. The molecule has 1 fully saturated rings. The largest absolute Gasteiger partial charge is 0.323 e. The maximum absolute atomic E-state index is 13.5. The van der Waals surface area contributed by atoms with Crippen LogP contribution in [0.1, 0.15) is 30.5 Å². The van der Waals surface area contributed by atoms with Crippen LogP contribution >= 0.6 is 0 Å². The fraction of sp³-hybridized carbons (Fsp3) is 0.333. The molecule has 1 saturated heterocycles. The minimum Gasteiger partial charge on any atom is -0.323 e. The van der Waals surface area contributed by atoms with Gasteiger partial charge in [0.05, 0.1) is 23.6 Å². The Morgan fingerprint density at radius 1 is 1.16 bits per heavy atom. The van der Waals surface area contributed by atoms with E-state index in [-0.39, 0.29) is 23.5 Å². The number of aromatic nitrogens is 5. The molecule has 11 heteroatoms. The third-order valence-corrected chi connectivity index (χ3v) is 5.60. The smallest absolute Gasteiger partial charge is 0.264 e. The molecule has 3 N–H and O–H groups in total. The molecule has 164 valence electrons. The Labute approximate surface area is 182 Å². The summed E-state index contributed by atoms with van der Waals surface area (Å²) < 4.78 is 13.5. The van der Waals surface area contributed by atoms with Gasteiger partial charge < -0.3 is 10.6 Å². The van der Waals surface area contributed by atoms with Crippen LogP contribution in [0.3, 0.4) is 0 Å². The van der Waals surface area contributed by atoms with Crippen molar-refractivity contribution < 1.29 is 9.18 Å². The predicted octanol–water partition coefficient (Wildman–Crippen LogP) is 1.74. The van der Waals surface area contributed by atoms with Gasteiger partial charge in [-0.15, -0.1) is 0 Å². The SMILES string of the molecule is O=C([C@H]1CCCN1)N(c1ccc(F)nc1)c1nc2c(c(Nc3ccc(=O)[nH]n3)n1)CCC2. The van der Waals surface area contributed by atoms with Crippen LogP contribution in [0, 0.1) is 5.95 Å². The fourth-order valence-electron chi connectivity index (χ4n) is 4.05. The number of H-pyrrole nitrogens is 1. The molecule has 10 nitrogen and oxygen atoms in total. The summed E-state index contributed by atoms with van der Waals surface area (Å²) >= 11 is 0. The van der Waals surface area contributed by atoms with E-state index in [4.69, 9.17) is 0 Å². The molecule has 0 bridgehead atoms. The van der Waals surface area contributed by atoms with E-state index >= 15 is 0 Å². The van der Waals surface area contributed by atoms with E-state index in [1.54, 1.807) is 6.07 Å². The first-order valence-corrected chi connectivity index (χ1v) is 10.5. The fourth-order valence-corrected chi connectivity index (χ4v) is 4.05. The van der Waals surface area contributed by atoms with Crippen LogP contribution in [0.2, 0.25) is 0 Å². The topological polar surface area (TPSA) is 129 Å². The molecule has 1 aliphatic heterocycles. The molecular formula is C21H21FN8O2. The molecule has 5 rings (SSSR count). The van der Waals surface area contributed by atoms with Crippen molar-refractivity contribution in [1.29, 1.82) is 0 Å². The van der Waals surface area contributed by atoms with Crippen molar-refractivity contribution in [3.05, 3.63) is 58.0 Å². The van der Waals surface area contributed by atoms with Crippen LogP contribution in [0.25, 0.3) is 0 Å². The van der Waals surface area contributed by atoms with Gasteiger partial charge in [0.1, 0.15) is 5.82 Å². The molecule has 0 saturated carbocycles. The van der Waals surface area contributed by atoms with Crippen LogP contribution in [0.15, 0.2) is 35.3 Å². The van der Waals surface area contributed by atoms with E-state index in [2.05, 4.69) is 35.8 Å². The van der Waals surface area contributed by atoms with Gasteiger partial charge in [-0.3, -0.25) is 9.59 Å². The molecule has 0 radical (unpaired) electrons. The number of nitrogens with one attached hydrogen (secondary N) is 3. The number of amides is 1. The molecule has 1 amide bonds. The zero-order valence-corrected chi connectivity index (χ0v) is 17.1. The van der Waals surface area contributed by atoms with Crippen LogP contribution in [-0.2, 0) is 17.6 Å². The number of halogens is 1. The predicted molar refractivity (Wildman–Crippen MR) is 115 cm³/mol. The zero-order valence-electron chi connectivity index (χ0n) is 17.1. The monoisotopic (exact) mass is 436 g/mol. The number of hydrogen-bond donors (Lipinski definition) is 3. The van der Waals surface area contributed by atoms with E-state index < -0.39 is 5.95 Å². The average Bonchev–Trinajstić information content (AvgIpc) is 3.49. The number of aromatic amines is 1. The van der Waals surface area contributed by atoms with E-state index in [0.717, 1.165) is 43.5 Å². The second kappa shape index (κ2) is 8.42. The number of nitrogens with zero attached hydrogens (tertiary/aromatic N) is 5. The van der Waals surface area contributed by atoms with Crippen molar-refractivity contribution in [1.82, 2.24) is 30.5 Å². The number of anilines is 4. The zero-order chi connectivity index (χ0) is 22.1. The highest BCUT2D eigenvalue weighted by molar-refractivity contribution is 6.02. The number of pyridine rings is 1. The molecule has 4 heterocycles. The normalized spacial score (nSPS) is 17.2. The Morgan fingerprint density at radius 3 is 2.78 bits per heavy atom. The Kier molecular flexibility index (Phi) is 5.31. The second-order valence-electron chi connectivity index (χ2n) is 7.74. The van der Waals surface area contributed by atoms with Crippen molar-refractivity contribution in [2.24, 2.45) is 0 Å². The third kappa shape index (κ3) is 3.94. The van der Waals surface area contributed by atoms with Gasteiger partial charge in [-0.1, -0.05) is 0 Å². The Balaban J connectivity index is 1.58. The minimum absolute atomic E-state index is 0.185. The van der Waals surface area contributed by atoms with Gasteiger partial charge in [0.15, 0.2) is 5.82 Å². The van der Waals surface area contributed by atoms with Crippen LogP contribution < -0.4 is 21.1 Å². The number of carbonyl (C=O) groups is 1. The highest BCUT2D eigenvalue weighted by Crippen LogP contribution is 2.32. The standard InChI is InChI=1S/C21H21FN8O2/c22-16-7-6-12(11-24-16)30(20(32)15-5-2-10-23-15)21-25-14-4-1-3-13(14)19(27-21)26-17-8-9-18(31)29-28-17/h6-9,11,15,23H,1-5,10H2,(H,29,31)(H,25,26,27,28)/t15-/m1/s1. The van der Waals surface area contributed by atoms with Crippen molar-refractivity contribution in [2.75, 3.05) is 16.8 Å². The number of hydrogen-bond acceptors (Lipinski definition) is 8. The minimum atomic E-state index is -0.637. The summed E-state index contributed by atoms with van der Waals surface area (Å²) in [5.74, 6) is 0.268. The van der Waals surface area contributed by atoms with E-state index in [1.165, 1.54) is 29.3 Å². The highest BCUT2D eigenvalue weighted by Gasteiger charge is 2.32. The quantitative estimate of drug-likeness (QED) is 0.516. The summed E-state index contributed by atoms with van der Waals surface area (Å²) in [6, 6.07) is 5.23. The van der Waals surface area contributed by atoms with Gasteiger partial charge in [0.25, 0.3) is 11.5 Å². The Morgan fingerprint density at radius 2 is 2.06 bits per heavy atom. The summed E-state index contributed by atoms with van der Waals surface area (Å²) in [5, 5.41) is 12.7. The van der Waals surface area contributed by atoms with Crippen LogP contribution in [0.5, 0.6) is 0 Å². The van der Waals surface area contributed by atoms with Gasteiger partial charge >= 0.3 is 0 Å². The second-order valence-corrected chi connectivity index (χ2v) is 7.74. The maximum Gasteiger partial charge on any atom is 0.264 e. The van der Waals surface area contributed by atoms with Crippen molar-refractivity contribution in [3.8, 4) is 0 Å². The van der Waals surface area contributed by atoms with Crippen molar-refractivity contribution >= 4 is 29.2 Å². The Hall–Kier alpha value is -3.73. The number of rotatable bonds is 5. The summed E-state index contributed by atoms with van der Waals surface area (Å²) in [7, 11) is 0. The van der Waals surface area contributed by atoms with Gasteiger partial charge in [0, 0.05) is 11.6 Å². The molecule has 32 heavy (non-hydrogen) atoms. The lowest BCUT2D eigenvalue weighted by Crippen LogP contribution is -2.42. The Bertz CT molecular complexity index is 1190.